The van der Waals surface area contributed by atoms with Crippen molar-refractivity contribution in [3.63, 3.8) is 0 Å². The van der Waals surface area contributed by atoms with Gasteiger partial charge in [0.25, 0.3) is 0 Å². The molecule has 0 N–H and O–H groups in total. The monoisotopic (exact) mass is 947 g/mol. The SMILES string of the molecule is CC/C=C\C/C=C\C/C=C\C/C=C\C/C=C\CCCCCC(=O)OCC(COC(=O)CCCCCCCCCCCCCCCCC)OC(=O)CCCCCCC/C=C\C/C=C\CCCCCC. The lowest BCUT2D eigenvalue weighted by Crippen LogP contribution is -2.30. The largest absolute Gasteiger partial charge is 0.462 e. The van der Waals surface area contributed by atoms with Crippen LogP contribution in [0.2, 0.25) is 0 Å². The van der Waals surface area contributed by atoms with Crippen molar-refractivity contribution in [1.82, 2.24) is 0 Å². The summed E-state index contributed by atoms with van der Waals surface area (Å²) in [6.45, 7) is 6.49. The lowest BCUT2D eigenvalue weighted by atomic mass is 10.0. The Balaban J connectivity index is 4.46. The molecule has 1 atom stereocenters. The lowest BCUT2D eigenvalue weighted by molar-refractivity contribution is -0.167. The van der Waals surface area contributed by atoms with Crippen LogP contribution in [0.1, 0.15) is 271 Å². The molecule has 0 spiro atoms. The summed E-state index contributed by atoms with van der Waals surface area (Å²) in [6, 6.07) is 0. The van der Waals surface area contributed by atoms with Gasteiger partial charge < -0.3 is 14.2 Å². The van der Waals surface area contributed by atoms with Crippen molar-refractivity contribution in [3.05, 3.63) is 85.1 Å². The molecule has 0 aliphatic heterocycles. The predicted octanol–water partition coefficient (Wildman–Crippen LogP) is 19.2. The second-order valence-electron chi connectivity index (χ2n) is 18.8. The topological polar surface area (TPSA) is 78.9 Å². The Morgan fingerprint density at radius 2 is 0.574 bits per heavy atom. The predicted molar refractivity (Wildman–Crippen MR) is 293 cm³/mol. The molecule has 1 unspecified atom stereocenters. The average molecular weight is 948 g/mol. The van der Waals surface area contributed by atoms with Crippen LogP contribution in [-0.4, -0.2) is 37.2 Å². The summed E-state index contributed by atoms with van der Waals surface area (Å²) in [6.07, 6.45) is 72.8. The molecule has 0 aliphatic rings. The van der Waals surface area contributed by atoms with Gasteiger partial charge >= 0.3 is 17.9 Å². The number of hydrogen-bond acceptors (Lipinski definition) is 6. The highest BCUT2D eigenvalue weighted by molar-refractivity contribution is 5.71. The van der Waals surface area contributed by atoms with Crippen LogP contribution in [0.3, 0.4) is 0 Å². The van der Waals surface area contributed by atoms with Gasteiger partial charge in [0.2, 0.25) is 0 Å². The summed E-state index contributed by atoms with van der Waals surface area (Å²) in [5, 5.41) is 0. The Bertz CT molecular complexity index is 1320. The van der Waals surface area contributed by atoms with Crippen molar-refractivity contribution >= 4 is 17.9 Å². The van der Waals surface area contributed by atoms with Crippen LogP contribution in [0.25, 0.3) is 0 Å². The zero-order chi connectivity index (χ0) is 49.3. The van der Waals surface area contributed by atoms with Gasteiger partial charge in [-0.2, -0.15) is 0 Å². The number of esters is 3. The summed E-state index contributed by atoms with van der Waals surface area (Å²) in [5.74, 6) is -0.932. The first-order valence-electron chi connectivity index (χ1n) is 28.6. The first-order valence-corrected chi connectivity index (χ1v) is 28.6. The van der Waals surface area contributed by atoms with Gasteiger partial charge in [-0.05, 0) is 96.3 Å². The number of rotatable bonds is 51. The number of allylic oxidation sites excluding steroid dienone is 14. The minimum absolute atomic E-state index is 0.0912. The van der Waals surface area contributed by atoms with Crippen LogP contribution in [0, 0.1) is 0 Å². The Kier molecular flexibility index (Phi) is 53.4. The number of unbranched alkanes of at least 4 members (excludes halogenated alkanes) is 26. The molecule has 0 fully saturated rings. The van der Waals surface area contributed by atoms with Gasteiger partial charge in [-0.1, -0.05) is 241 Å². The summed E-state index contributed by atoms with van der Waals surface area (Å²) in [4.78, 5) is 38.1. The molecule has 0 amide bonds. The summed E-state index contributed by atoms with van der Waals surface area (Å²) in [7, 11) is 0. The lowest BCUT2D eigenvalue weighted by Gasteiger charge is -2.18. The molecule has 0 aliphatic carbocycles. The molecule has 0 saturated heterocycles. The molecule has 0 aromatic heterocycles. The highest BCUT2D eigenvalue weighted by Gasteiger charge is 2.19. The molecule has 68 heavy (non-hydrogen) atoms. The average Bonchev–Trinajstić information content (AvgIpc) is 3.34. The van der Waals surface area contributed by atoms with Crippen LogP contribution < -0.4 is 0 Å². The molecule has 390 valence electrons. The van der Waals surface area contributed by atoms with Crippen LogP contribution in [0.4, 0.5) is 0 Å². The van der Waals surface area contributed by atoms with E-state index in [4.69, 9.17) is 14.2 Å². The fourth-order valence-electron chi connectivity index (χ4n) is 7.85. The van der Waals surface area contributed by atoms with E-state index >= 15 is 0 Å². The van der Waals surface area contributed by atoms with Gasteiger partial charge in [0.05, 0.1) is 0 Å². The van der Waals surface area contributed by atoms with E-state index in [1.165, 1.54) is 109 Å². The zero-order valence-electron chi connectivity index (χ0n) is 44.6. The molecule has 6 nitrogen and oxygen atoms in total. The van der Waals surface area contributed by atoms with E-state index in [9.17, 15) is 14.4 Å². The van der Waals surface area contributed by atoms with E-state index in [0.717, 1.165) is 122 Å². The smallest absolute Gasteiger partial charge is 0.306 e. The molecular formula is C62H106O6. The Labute approximate surface area is 420 Å². The maximum atomic E-state index is 12.8. The number of hydrogen-bond donors (Lipinski definition) is 0. The molecular weight excluding hydrogens is 841 g/mol. The minimum atomic E-state index is -0.797. The Morgan fingerprint density at radius 1 is 0.309 bits per heavy atom. The van der Waals surface area contributed by atoms with Crippen LogP contribution in [0.15, 0.2) is 85.1 Å². The normalized spacial score (nSPS) is 12.7. The third-order valence-corrected chi connectivity index (χ3v) is 12.1. The van der Waals surface area contributed by atoms with Gasteiger partial charge in [0.1, 0.15) is 13.2 Å². The minimum Gasteiger partial charge on any atom is -0.462 e. The standard InChI is InChI=1S/C62H106O6/c1-4-7-10-13-16-19-22-25-28-30-31-32-35-37-40-43-46-49-52-55-61(64)67-58-59(57-66-60(63)54-51-48-45-42-39-36-33-27-24-21-18-15-12-9-6-3)68-62(65)56-53-50-47-44-41-38-34-29-26-23-20-17-14-11-8-5-2/h7,10,16,19-20,23,25,28-29,31-32,34,37,40,59H,4-6,8-9,11-15,17-18,21-22,24,26-27,30,33,35-36,38-39,41-58H2,1-3H3/b10-7-,19-16-,23-20-,28-25-,32-31-,34-29-,40-37-. The van der Waals surface area contributed by atoms with E-state index in [0.29, 0.717) is 19.3 Å². The van der Waals surface area contributed by atoms with Crippen molar-refractivity contribution in [2.24, 2.45) is 0 Å². The number of carbonyl (C=O) groups is 3. The second-order valence-corrected chi connectivity index (χ2v) is 18.8. The van der Waals surface area contributed by atoms with E-state index in [2.05, 4.69) is 106 Å². The third-order valence-electron chi connectivity index (χ3n) is 12.1. The van der Waals surface area contributed by atoms with Gasteiger partial charge in [-0.25, -0.2) is 0 Å². The van der Waals surface area contributed by atoms with Gasteiger partial charge in [-0.3, -0.25) is 14.4 Å². The summed E-state index contributed by atoms with van der Waals surface area (Å²) >= 11 is 0. The van der Waals surface area contributed by atoms with Crippen molar-refractivity contribution < 1.29 is 28.6 Å². The fourth-order valence-corrected chi connectivity index (χ4v) is 7.85. The first-order chi connectivity index (χ1) is 33.5. The van der Waals surface area contributed by atoms with Crippen LogP contribution in [-0.2, 0) is 28.6 Å². The quantitative estimate of drug-likeness (QED) is 0.0262. The molecule has 0 saturated carbocycles. The molecule has 0 aromatic rings. The molecule has 0 aromatic carbocycles. The maximum absolute atomic E-state index is 12.8. The Morgan fingerprint density at radius 3 is 0.926 bits per heavy atom. The van der Waals surface area contributed by atoms with E-state index in [1.807, 2.05) is 0 Å². The molecule has 0 radical (unpaired) electrons. The van der Waals surface area contributed by atoms with Gasteiger partial charge in [-0.15, -0.1) is 0 Å². The third kappa shape index (κ3) is 53.5. The van der Waals surface area contributed by atoms with Gasteiger partial charge in [0.15, 0.2) is 6.10 Å². The van der Waals surface area contributed by atoms with Crippen molar-refractivity contribution in [2.45, 2.75) is 277 Å². The highest BCUT2D eigenvalue weighted by atomic mass is 16.6. The Hall–Kier alpha value is -3.41. The van der Waals surface area contributed by atoms with E-state index in [-0.39, 0.29) is 31.1 Å². The molecule has 0 bridgehead atoms. The number of carbonyl (C=O) groups excluding carboxylic acids is 3. The summed E-state index contributed by atoms with van der Waals surface area (Å²) < 4.78 is 16.8. The maximum Gasteiger partial charge on any atom is 0.306 e. The molecule has 0 rings (SSSR count). The molecule has 0 heterocycles. The highest BCUT2D eigenvalue weighted by Crippen LogP contribution is 2.15. The number of ether oxygens (including phenoxy) is 3. The van der Waals surface area contributed by atoms with Gasteiger partial charge in [0, 0.05) is 19.3 Å². The zero-order valence-corrected chi connectivity index (χ0v) is 44.6. The van der Waals surface area contributed by atoms with Crippen molar-refractivity contribution in [1.29, 1.82) is 0 Å². The molecule has 6 heteroatoms. The van der Waals surface area contributed by atoms with Crippen molar-refractivity contribution in [3.8, 4) is 0 Å². The van der Waals surface area contributed by atoms with E-state index < -0.39 is 6.10 Å². The second kappa shape index (κ2) is 56.2. The van der Waals surface area contributed by atoms with Crippen LogP contribution in [0.5, 0.6) is 0 Å². The fraction of sp³-hybridized carbons (Fsp3) is 0.726. The van der Waals surface area contributed by atoms with Crippen molar-refractivity contribution in [2.75, 3.05) is 13.2 Å². The van der Waals surface area contributed by atoms with Crippen LogP contribution >= 0.6 is 0 Å². The van der Waals surface area contributed by atoms with E-state index in [1.54, 1.807) is 0 Å². The first kappa shape index (κ1) is 64.6. The summed E-state index contributed by atoms with van der Waals surface area (Å²) in [5.41, 5.74) is 0.